The van der Waals surface area contributed by atoms with Crippen LogP contribution in [0.15, 0.2) is 44.8 Å². The number of aromatic amines is 1. The van der Waals surface area contributed by atoms with Crippen LogP contribution in [0.3, 0.4) is 0 Å². The number of aromatic nitrogens is 3. The lowest BCUT2D eigenvalue weighted by molar-refractivity contribution is -0.131. The van der Waals surface area contributed by atoms with Gasteiger partial charge in [0, 0.05) is 11.6 Å². The molecule has 10 heteroatoms. The van der Waals surface area contributed by atoms with E-state index in [0.717, 1.165) is 11.8 Å². The third-order valence-electron chi connectivity index (χ3n) is 3.55. The number of H-pyrrole nitrogens is 1. The van der Waals surface area contributed by atoms with Gasteiger partial charge in [0.05, 0.1) is 17.7 Å². The number of hydrogen-bond acceptors (Lipinski definition) is 7. The number of benzene rings is 1. The topological polar surface area (TPSA) is 118 Å². The van der Waals surface area contributed by atoms with Gasteiger partial charge in [0.25, 0.3) is 0 Å². The summed E-state index contributed by atoms with van der Waals surface area (Å²) in [5, 5.41) is 16.5. The number of esters is 1. The number of methoxy groups -OCH3 is 1. The van der Waals surface area contributed by atoms with Gasteiger partial charge in [0.1, 0.15) is 22.3 Å². The van der Waals surface area contributed by atoms with Gasteiger partial charge in [-0.25, -0.2) is 14.6 Å². The summed E-state index contributed by atoms with van der Waals surface area (Å²) in [5.41, 5.74) is 0.801. The predicted molar refractivity (Wildman–Crippen MR) is 103 cm³/mol. The molecule has 2 N–H and O–H groups in total. The first-order chi connectivity index (χ1) is 13.4. The zero-order chi connectivity index (χ0) is 20.3. The van der Waals surface area contributed by atoms with Crippen molar-refractivity contribution in [2.24, 2.45) is 0 Å². The zero-order valence-electron chi connectivity index (χ0n) is 14.7. The molecule has 1 aromatic carbocycles. The third-order valence-corrected chi connectivity index (χ3v) is 4.75. The minimum atomic E-state index is -1.13. The quantitative estimate of drug-likeness (QED) is 0.349. The van der Waals surface area contributed by atoms with E-state index in [1.807, 2.05) is 0 Å². The highest BCUT2D eigenvalue weighted by atomic mass is 35.5. The maximum atomic E-state index is 11.8. The molecule has 0 unspecified atom stereocenters. The molecule has 0 bridgehead atoms. The van der Waals surface area contributed by atoms with Crippen LogP contribution in [0, 0.1) is 6.92 Å². The maximum Gasteiger partial charge on any atom is 0.342 e. The SMILES string of the molecule is COC(=O)c1cc(-c2ccc(/C=C(/Sc3n[nH]c(C)n3)C(=O)O)o2)ccc1Cl. The van der Waals surface area contributed by atoms with Crippen molar-refractivity contribution in [1.29, 1.82) is 0 Å². The average Bonchev–Trinajstić information content (AvgIpc) is 3.30. The van der Waals surface area contributed by atoms with Crippen LogP contribution >= 0.6 is 23.4 Å². The number of halogens is 1. The number of carbonyl (C=O) groups is 2. The largest absolute Gasteiger partial charge is 0.477 e. The first kappa shape index (κ1) is 19.7. The number of aryl methyl sites for hydroxylation is 1. The monoisotopic (exact) mass is 419 g/mol. The van der Waals surface area contributed by atoms with Crippen molar-refractivity contribution in [2.75, 3.05) is 7.11 Å². The fraction of sp³-hybridized carbons (Fsp3) is 0.111. The number of carboxylic acid groups (broad SMARTS) is 1. The minimum Gasteiger partial charge on any atom is -0.477 e. The maximum absolute atomic E-state index is 11.8. The van der Waals surface area contributed by atoms with E-state index in [4.69, 9.17) is 20.8 Å². The second-order valence-electron chi connectivity index (χ2n) is 5.51. The molecule has 0 amide bonds. The summed E-state index contributed by atoms with van der Waals surface area (Å²) < 4.78 is 10.4. The Morgan fingerprint density at radius 2 is 2.11 bits per heavy atom. The molecule has 2 heterocycles. The van der Waals surface area contributed by atoms with Gasteiger partial charge in [-0.05, 0) is 49.0 Å². The molecule has 3 aromatic rings. The van der Waals surface area contributed by atoms with Crippen molar-refractivity contribution < 1.29 is 23.8 Å². The number of rotatable bonds is 6. The van der Waals surface area contributed by atoms with Crippen LogP contribution in [0.25, 0.3) is 17.4 Å². The van der Waals surface area contributed by atoms with E-state index in [1.54, 1.807) is 37.3 Å². The minimum absolute atomic E-state index is 0.00810. The van der Waals surface area contributed by atoms with Crippen molar-refractivity contribution in [2.45, 2.75) is 12.1 Å². The van der Waals surface area contributed by atoms with Crippen LogP contribution in [0.5, 0.6) is 0 Å². The number of nitrogens with zero attached hydrogens (tertiary/aromatic N) is 2. The molecule has 0 saturated carbocycles. The van der Waals surface area contributed by atoms with Crippen LogP contribution in [-0.2, 0) is 9.53 Å². The Morgan fingerprint density at radius 3 is 2.75 bits per heavy atom. The molecule has 0 aliphatic heterocycles. The fourth-order valence-electron chi connectivity index (χ4n) is 2.26. The summed E-state index contributed by atoms with van der Waals surface area (Å²) in [6.07, 6.45) is 1.37. The molecular weight excluding hydrogens is 406 g/mol. The summed E-state index contributed by atoms with van der Waals surface area (Å²) >= 11 is 6.92. The summed E-state index contributed by atoms with van der Waals surface area (Å²) in [6.45, 7) is 1.72. The normalized spacial score (nSPS) is 11.5. The van der Waals surface area contributed by atoms with E-state index in [1.165, 1.54) is 13.2 Å². The van der Waals surface area contributed by atoms with Gasteiger partial charge in [0.2, 0.25) is 5.16 Å². The van der Waals surface area contributed by atoms with Gasteiger partial charge in [-0.2, -0.15) is 0 Å². The lowest BCUT2D eigenvalue weighted by Crippen LogP contribution is -2.02. The van der Waals surface area contributed by atoms with Crippen molar-refractivity contribution >= 4 is 41.4 Å². The molecule has 8 nitrogen and oxygen atoms in total. The standard InChI is InChI=1S/C18H14ClN3O5S/c1-9-20-18(22-21-9)28-15(16(23)24)8-11-4-6-14(27-11)10-3-5-13(19)12(7-10)17(25)26-2/h3-8H,1-2H3,(H,23,24)(H,20,21,22)/b15-8+. The number of aliphatic carboxylic acids is 1. The Hall–Kier alpha value is -3.04. The molecule has 144 valence electrons. The number of furan rings is 1. The molecule has 0 aliphatic carbocycles. The summed E-state index contributed by atoms with van der Waals surface area (Å²) in [7, 11) is 1.27. The van der Waals surface area contributed by atoms with Gasteiger partial charge in [-0.1, -0.05) is 11.6 Å². The van der Waals surface area contributed by atoms with Crippen molar-refractivity contribution in [3.63, 3.8) is 0 Å². The lowest BCUT2D eigenvalue weighted by Gasteiger charge is -2.04. The molecule has 0 radical (unpaired) electrons. The number of nitrogens with one attached hydrogen (secondary N) is 1. The van der Waals surface area contributed by atoms with Crippen LogP contribution < -0.4 is 0 Å². The third kappa shape index (κ3) is 4.44. The van der Waals surface area contributed by atoms with E-state index >= 15 is 0 Å². The highest BCUT2D eigenvalue weighted by molar-refractivity contribution is 8.04. The summed E-state index contributed by atoms with van der Waals surface area (Å²) in [4.78, 5) is 27.4. The van der Waals surface area contributed by atoms with Gasteiger partial charge in [-0.3, -0.25) is 5.10 Å². The van der Waals surface area contributed by atoms with Crippen molar-refractivity contribution in [3.05, 3.63) is 57.4 Å². The first-order valence-corrected chi connectivity index (χ1v) is 9.06. The molecule has 0 aliphatic rings. The Bertz CT molecular complexity index is 1070. The van der Waals surface area contributed by atoms with Gasteiger partial charge in [0.15, 0.2) is 0 Å². The Labute approximate surface area is 168 Å². The first-order valence-electron chi connectivity index (χ1n) is 7.87. The molecule has 28 heavy (non-hydrogen) atoms. The van der Waals surface area contributed by atoms with E-state index < -0.39 is 11.9 Å². The molecule has 2 aromatic heterocycles. The van der Waals surface area contributed by atoms with E-state index in [9.17, 15) is 14.7 Å². The lowest BCUT2D eigenvalue weighted by atomic mass is 10.1. The van der Waals surface area contributed by atoms with E-state index in [2.05, 4.69) is 15.2 Å². The van der Waals surface area contributed by atoms with E-state index in [-0.39, 0.29) is 15.5 Å². The highest BCUT2D eigenvalue weighted by Crippen LogP contribution is 2.30. The van der Waals surface area contributed by atoms with Gasteiger partial charge >= 0.3 is 11.9 Å². The van der Waals surface area contributed by atoms with Crippen LogP contribution in [-0.4, -0.2) is 39.3 Å². The number of carbonyl (C=O) groups excluding carboxylic acids is 1. The number of carboxylic acids is 1. The highest BCUT2D eigenvalue weighted by Gasteiger charge is 2.16. The number of hydrogen-bond donors (Lipinski definition) is 2. The van der Waals surface area contributed by atoms with Crippen molar-refractivity contribution in [3.8, 4) is 11.3 Å². The average molecular weight is 420 g/mol. The molecular formula is C18H14ClN3O5S. The van der Waals surface area contributed by atoms with Crippen LogP contribution in [0.1, 0.15) is 21.9 Å². The molecule has 0 saturated heterocycles. The van der Waals surface area contributed by atoms with Crippen LogP contribution in [0.4, 0.5) is 0 Å². The second-order valence-corrected chi connectivity index (χ2v) is 6.92. The van der Waals surface area contributed by atoms with Gasteiger partial charge in [-0.15, -0.1) is 5.10 Å². The molecule has 0 spiro atoms. The van der Waals surface area contributed by atoms with E-state index in [0.29, 0.717) is 28.1 Å². The zero-order valence-corrected chi connectivity index (χ0v) is 16.3. The number of thioether (sulfide) groups is 1. The number of ether oxygens (including phenoxy) is 1. The smallest absolute Gasteiger partial charge is 0.342 e. The van der Waals surface area contributed by atoms with Gasteiger partial charge < -0.3 is 14.3 Å². The molecule has 0 atom stereocenters. The summed E-state index contributed by atoms with van der Waals surface area (Å²) in [6, 6.07) is 8.07. The molecule has 0 fully saturated rings. The predicted octanol–water partition coefficient (Wildman–Crippen LogP) is 4.03. The molecule has 3 rings (SSSR count). The fourth-order valence-corrected chi connectivity index (χ4v) is 3.19. The second kappa shape index (κ2) is 8.32. The Morgan fingerprint density at radius 1 is 1.32 bits per heavy atom. The van der Waals surface area contributed by atoms with Crippen molar-refractivity contribution in [1.82, 2.24) is 15.2 Å². The van der Waals surface area contributed by atoms with Crippen LogP contribution in [0.2, 0.25) is 5.02 Å². The summed E-state index contributed by atoms with van der Waals surface area (Å²) in [5.74, 6) is -0.357. The Kier molecular flexibility index (Phi) is 5.86. The Balaban J connectivity index is 1.89.